The fourth-order valence-electron chi connectivity index (χ4n) is 2.97. The molecule has 5 nitrogen and oxygen atoms in total. The van der Waals surface area contributed by atoms with Gasteiger partial charge in [0, 0.05) is 6.26 Å². The first-order valence-electron chi connectivity index (χ1n) is 10.6. The van der Waals surface area contributed by atoms with E-state index in [4.69, 9.17) is 10.5 Å². The minimum atomic E-state index is -4.72. The molecule has 3 rings (SSSR count). The number of alkyl halides is 3. The number of sulfone groups is 1. The van der Waals surface area contributed by atoms with Crippen LogP contribution in [-0.2, 0) is 9.84 Å². The highest BCUT2D eigenvalue weighted by molar-refractivity contribution is 7.90. The Balaban J connectivity index is 2.09. The molecule has 2 N–H and O–H groups in total. The number of ether oxygens (including phenoxy) is 1. The maximum atomic E-state index is 13.3. The first-order chi connectivity index (χ1) is 16.3. The largest absolute Gasteiger partial charge is 0.491 e. The van der Waals surface area contributed by atoms with Gasteiger partial charge in [-0.25, -0.2) is 13.4 Å². The van der Waals surface area contributed by atoms with E-state index in [9.17, 15) is 21.6 Å². The standard InChI is InChI=1S/C25H25F3N2O3S2/c1-16(2)14-33-22-10-5-4-9-20(22)30-21(13-24(29)25(26,27)28)23-12-18(15-34-23)17-7-6-8-19(11-17)35(3,31)32/h4-13,15-16H,14,29H2,1-3H3/b24-13-,30-21?. The van der Waals surface area contributed by atoms with E-state index in [1.807, 2.05) is 13.8 Å². The Kier molecular flexibility index (Phi) is 8.07. The first kappa shape index (κ1) is 26.5. The summed E-state index contributed by atoms with van der Waals surface area (Å²) in [4.78, 5) is 5.05. The third-order valence-electron chi connectivity index (χ3n) is 4.75. The molecular weight excluding hydrogens is 497 g/mol. The lowest BCUT2D eigenvalue weighted by Crippen LogP contribution is -2.20. The van der Waals surface area contributed by atoms with Gasteiger partial charge in [0.25, 0.3) is 0 Å². The van der Waals surface area contributed by atoms with Crippen LogP contribution in [0.3, 0.4) is 0 Å². The summed E-state index contributed by atoms with van der Waals surface area (Å²) in [7, 11) is -3.42. The van der Waals surface area contributed by atoms with E-state index in [-0.39, 0.29) is 16.5 Å². The quantitative estimate of drug-likeness (QED) is 0.348. The zero-order valence-corrected chi connectivity index (χ0v) is 21.0. The topological polar surface area (TPSA) is 81.8 Å². The van der Waals surface area contributed by atoms with Crippen molar-refractivity contribution in [3.05, 3.63) is 76.6 Å². The maximum absolute atomic E-state index is 13.3. The summed E-state index contributed by atoms with van der Waals surface area (Å²) in [6, 6.07) is 14.8. The molecule has 0 amide bonds. The van der Waals surface area contributed by atoms with E-state index < -0.39 is 21.7 Å². The molecule has 3 aromatic rings. The molecule has 10 heteroatoms. The van der Waals surface area contributed by atoms with E-state index in [1.165, 1.54) is 23.5 Å². The van der Waals surface area contributed by atoms with Crippen molar-refractivity contribution in [2.45, 2.75) is 24.9 Å². The number of para-hydroxylation sites is 2. The van der Waals surface area contributed by atoms with Crippen molar-refractivity contribution < 1.29 is 26.3 Å². The second-order valence-corrected chi connectivity index (χ2v) is 11.2. The zero-order chi connectivity index (χ0) is 25.8. The number of nitrogens with two attached hydrogens (primary N) is 1. The molecule has 35 heavy (non-hydrogen) atoms. The molecule has 0 bridgehead atoms. The molecule has 0 aliphatic rings. The van der Waals surface area contributed by atoms with Crippen molar-refractivity contribution >= 4 is 32.6 Å². The number of rotatable bonds is 8. The van der Waals surface area contributed by atoms with Crippen molar-refractivity contribution in [2.24, 2.45) is 16.6 Å². The van der Waals surface area contributed by atoms with Gasteiger partial charge in [-0.3, -0.25) is 0 Å². The first-order valence-corrected chi connectivity index (χ1v) is 13.4. The fraction of sp³-hybridized carbons (Fsp3) is 0.240. The molecule has 0 saturated carbocycles. The minimum Gasteiger partial charge on any atom is -0.491 e. The van der Waals surface area contributed by atoms with E-state index in [0.717, 1.165) is 12.3 Å². The van der Waals surface area contributed by atoms with Crippen LogP contribution in [0.15, 0.2) is 81.6 Å². The normalized spacial score (nSPS) is 13.3. The third kappa shape index (κ3) is 7.19. The Morgan fingerprint density at radius 2 is 1.83 bits per heavy atom. The van der Waals surface area contributed by atoms with E-state index in [1.54, 1.807) is 47.8 Å². The van der Waals surface area contributed by atoms with Gasteiger partial charge >= 0.3 is 6.18 Å². The number of allylic oxidation sites excluding steroid dienone is 2. The molecule has 186 valence electrons. The van der Waals surface area contributed by atoms with Gasteiger partial charge in [-0.05, 0) is 58.8 Å². The summed E-state index contributed by atoms with van der Waals surface area (Å²) in [5.41, 5.74) is 5.67. The van der Waals surface area contributed by atoms with Crippen molar-refractivity contribution in [3.63, 3.8) is 0 Å². The number of hydrogen-bond acceptors (Lipinski definition) is 6. The summed E-state index contributed by atoms with van der Waals surface area (Å²) in [5.74, 6) is 0.685. The smallest absolute Gasteiger partial charge is 0.430 e. The summed E-state index contributed by atoms with van der Waals surface area (Å²) in [6.07, 6.45) is -2.82. The van der Waals surface area contributed by atoms with Crippen LogP contribution < -0.4 is 10.5 Å². The number of thiophene rings is 1. The number of nitrogens with zero attached hydrogens (tertiary/aromatic N) is 1. The van der Waals surface area contributed by atoms with Gasteiger partial charge < -0.3 is 10.5 Å². The Labute approximate surface area is 206 Å². The molecule has 0 aliphatic heterocycles. The van der Waals surface area contributed by atoms with Gasteiger partial charge in [0.2, 0.25) is 0 Å². The molecule has 0 saturated heterocycles. The molecule has 2 aromatic carbocycles. The van der Waals surface area contributed by atoms with E-state index in [2.05, 4.69) is 4.99 Å². The molecule has 0 radical (unpaired) electrons. The lowest BCUT2D eigenvalue weighted by molar-refractivity contribution is -0.0925. The van der Waals surface area contributed by atoms with Gasteiger partial charge in [0.15, 0.2) is 9.84 Å². The van der Waals surface area contributed by atoms with Gasteiger partial charge in [-0.1, -0.05) is 38.1 Å². The van der Waals surface area contributed by atoms with Crippen LogP contribution in [0.25, 0.3) is 11.1 Å². The van der Waals surface area contributed by atoms with Crippen LogP contribution >= 0.6 is 11.3 Å². The van der Waals surface area contributed by atoms with Crippen LogP contribution in [0.4, 0.5) is 18.9 Å². The minimum absolute atomic E-state index is 0.0101. The predicted octanol–water partition coefficient (Wildman–Crippen LogP) is 6.38. The molecular formula is C25H25F3N2O3S2. The van der Waals surface area contributed by atoms with Crippen LogP contribution in [0.5, 0.6) is 5.75 Å². The van der Waals surface area contributed by atoms with E-state index >= 15 is 0 Å². The van der Waals surface area contributed by atoms with Crippen LogP contribution in [0.1, 0.15) is 18.7 Å². The summed E-state index contributed by atoms with van der Waals surface area (Å²) in [6.45, 7) is 4.38. The maximum Gasteiger partial charge on any atom is 0.430 e. The summed E-state index contributed by atoms with van der Waals surface area (Å²) in [5, 5.41) is 1.73. The highest BCUT2D eigenvalue weighted by Gasteiger charge is 2.32. The number of benzene rings is 2. The Morgan fingerprint density at radius 1 is 1.11 bits per heavy atom. The zero-order valence-electron chi connectivity index (χ0n) is 19.3. The highest BCUT2D eigenvalue weighted by Crippen LogP contribution is 2.33. The molecule has 0 fully saturated rings. The number of halogens is 3. The lowest BCUT2D eigenvalue weighted by atomic mass is 10.1. The van der Waals surface area contributed by atoms with Crippen LogP contribution in [0.2, 0.25) is 0 Å². The Hall–Kier alpha value is -3.11. The third-order valence-corrected chi connectivity index (χ3v) is 6.81. The average Bonchev–Trinajstić information content (AvgIpc) is 3.27. The summed E-state index contributed by atoms with van der Waals surface area (Å²) < 4.78 is 69.4. The van der Waals surface area contributed by atoms with Gasteiger partial charge in [-0.15, -0.1) is 11.3 Å². The van der Waals surface area contributed by atoms with Crippen LogP contribution in [0, 0.1) is 5.92 Å². The average molecular weight is 523 g/mol. The predicted molar refractivity (Wildman–Crippen MR) is 134 cm³/mol. The molecule has 1 aromatic heterocycles. The molecule has 0 atom stereocenters. The SMILES string of the molecule is CC(C)COc1ccccc1N=C(/C=C(\N)C(F)(F)F)c1cc(-c2cccc(S(C)(=O)=O)c2)cs1. The fourth-order valence-corrected chi connectivity index (χ4v) is 4.52. The van der Waals surface area contributed by atoms with Crippen LogP contribution in [-0.4, -0.2) is 33.2 Å². The molecule has 0 aliphatic carbocycles. The van der Waals surface area contributed by atoms with Gasteiger partial charge in [0.1, 0.15) is 17.1 Å². The number of hydrogen-bond donors (Lipinski definition) is 1. The highest BCUT2D eigenvalue weighted by atomic mass is 32.2. The summed E-state index contributed by atoms with van der Waals surface area (Å²) >= 11 is 1.17. The van der Waals surface area contributed by atoms with E-state index in [0.29, 0.717) is 34.0 Å². The second kappa shape index (κ2) is 10.7. The Morgan fingerprint density at radius 3 is 2.49 bits per heavy atom. The van der Waals surface area contributed by atoms with Gasteiger partial charge in [-0.2, -0.15) is 13.2 Å². The monoisotopic (exact) mass is 522 g/mol. The number of aliphatic imine (C=N–C) groups is 1. The van der Waals surface area contributed by atoms with Gasteiger partial charge in [0.05, 0.1) is 22.1 Å². The lowest BCUT2D eigenvalue weighted by Gasteiger charge is -2.12. The van der Waals surface area contributed by atoms with Crippen molar-refractivity contribution in [1.29, 1.82) is 0 Å². The molecule has 0 unspecified atom stereocenters. The molecule has 0 spiro atoms. The molecule has 1 heterocycles. The second-order valence-electron chi connectivity index (χ2n) is 8.27. The van der Waals surface area contributed by atoms with Crippen molar-refractivity contribution in [2.75, 3.05) is 12.9 Å². The van der Waals surface area contributed by atoms with Crippen molar-refractivity contribution in [1.82, 2.24) is 0 Å². The van der Waals surface area contributed by atoms with Crippen molar-refractivity contribution in [3.8, 4) is 16.9 Å². The Bertz CT molecular complexity index is 1360.